The van der Waals surface area contributed by atoms with Crippen molar-refractivity contribution in [3.05, 3.63) is 53.6 Å². The fourth-order valence-electron chi connectivity index (χ4n) is 2.10. The predicted molar refractivity (Wildman–Crippen MR) is 78.0 cm³/mol. The molecular weight excluding hydrogens is 293 g/mol. The molecule has 1 heterocycles. The van der Waals surface area contributed by atoms with Gasteiger partial charge in [-0.1, -0.05) is 0 Å². The van der Waals surface area contributed by atoms with Crippen LogP contribution in [0.4, 0.5) is 13.2 Å². The first kappa shape index (κ1) is 14.3. The molecule has 22 heavy (non-hydrogen) atoms. The van der Waals surface area contributed by atoms with Gasteiger partial charge in [-0.15, -0.1) is 0 Å². The second-order valence-corrected chi connectivity index (χ2v) is 4.71. The molecule has 0 unspecified atom stereocenters. The van der Waals surface area contributed by atoms with E-state index in [4.69, 9.17) is 4.42 Å². The Morgan fingerprint density at radius 2 is 1.82 bits per heavy atom. The van der Waals surface area contributed by atoms with E-state index in [1.807, 2.05) is 6.07 Å². The largest absolute Gasteiger partial charge is 0.436 e. The highest BCUT2D eigenvalue weighted by molar-refractivity contribution is 5.87. The van der Waals surface area contributed by atoms with E-state index in [0.29, 0.717) is 16.7 Å². The lowest BCUT2D eigenvalue weighted by molar-refractivity contribution is -0.137. The molecule has 0 amide bonds. The Morgan fingerprint density at radius 1 is 1.09 bits per heavy atom. The van der Waals surface area contributed by atoms with Crippen LogP contribution < -0.4 is 0 Å². The molecule has 0 fully saturated rings. The minimum absolute atomic E-state index is 0.286. The molecule has 3 rings (SSSR count). The quantitative estimate of drug-likeness (QED) is 0.651. The molecule has 2 aromatic carbocycles. The molecule has 0 bridgehead atoms. The molecule has 0 aliphatic heterocycles. The topological polar surface area (TPSA) is 38.4 Å². The summed E-state index contributed by atoms with van der Waals surface area (Å²) in [6, 6.07) is 10.1. The van der Waals surface area contributed by atoms with Crippen LogP contribution in [0.3, 0.4) is 0 Å². The maximum atomic E-state index is 12.6. The van der Waals surface area contributed by atoms with Crippen molar-refractivity contribution < 1.29 is 17.6 Å². The minimum atomic E-state index is -4.35. The summed E-state index contributed by atoms with van der Waals surface area (Å²) in [6.45, 7) is 0. The number of rotatable bonds is 2. The molecule has 3 aromatic rings. The van der Waals surface area contributed by atoms with Gasteiger partial charge in [0.1, 0.15) is 5.52 Å². The fraction of sp³-hybridized carbons (Fsp3) is 0.125. The van der Waals surface area contributed by atoms with Crippen LogP contribution in [0.15, 0.2) is 51.9 Å². The van der Waals surface area contributed by atoms with E-state index in [9.17, 15) is 13.2 Å². The second kappa shape index (κ2) is 5.29. The second-order valence-electron chi connectivity index (χ2n) is 4.71. The molecule has 0 radical (unpaired) electrons. The lowest BCUT2D eigenvalue weighted by Crippen LogP contribution is -2.03. The van der Waals surface area contributed by atoms with Crippen molar-refractivity contribution in [2.75, 3.05) is 7.05 Å². The first-order chi connectivity index (χ1) is 10.5. The van der Waals surface area contributed by atoms with E-state index in [0.717, 1.165) is 17.7 Å². The molecule has 0 N–H and O–H groups in total. The van der Waals surface area contributed by atoms with Crippen molar-refractivity contribution in [2.45, 2.75) is 6.18 Å². The van der Waals surface area contributed by atoms with Crippen LogP contribution in [0.5, 0.6) is 0 Å². The van der Waals surface area contributed by atoms with Crippen LogP contribution in [0.25, 0.3) is 22.6 Å². The smallest absolute Gasteiger partial charge is 0.416 e. The van der Waals surface area contributed by atoms with Gasteiger partial charge in [0, 0.05) is 18.8 Å². The van der Waals surface area contributed by atoms with Crippen LogP contribution in [0.2, 0.25) is 0 Å². The average molecular weight is 304 g/mol. The van der Waals surface area contributed by atoms with Gasteiger partial charge in [0.05, 0.1) is 5.56 Å². The highest BCUT2D eigenvalue weighted by atomic mass is 19.4. The number of aromatic nitrogens is 1. The summed E-state index contributed by atoms with van der Waals surface area (Å²) < 4.78 is 43.2. The number of hydrogen-bond donors (Lipinski definition) is 0. The standard InChI is InChI=1S/C16H11F3N2O/c1-20-9-10-2-7-14-13(8-10)21-15(22-14)11-3-5-12(6-4-11)16(17,18)19/h2-9H,1H3/b20-9+. The van der Waals surface area contributed by atoms with Gasteiger partial charge in [-0.25, -0.2) is 4.98 Å². The molecule has 0 aliphatic rings. The van der Waals surface area contributed by atoms with Gasteiger partial charge in [-0.2, -0.15) is 13.2 Å². The van der Waals surface area contributed by atoms with E-state index in [1.54, 1.807) is 25.4 Å². The average Bonchev–Trinajstić information content (AvgIpc) is 2.90. The number of alkyl halides is 3. The van der Waals surface area contributed by atoms with Gasteiger partial charge < -0.3 is 4.42 Å². The van der Waals surface area contributed by atoms with Crippen LogP contribution >= 0.6 is 0 Å². The van der Waals surface area contributed by atoms with Crippen molar-refractivity contribution in [1.82, 2.24) is 4.98 Å². The number of fused-ring (bicyclic) bond motifs is 1. The third kappa shape index (κ3) is 2.72. The number of aliphatic imine (C=N–C) groups is 1. The van der Waals surface area contributed by atoms with Gasteiger partial charge in [-0.3, -0.25) is 4.99 Å². The molecule has 0 saturated heterocycles. The van der Waals surface area contributed by atoms with Crippen molar-refractivity contribution >= 4 is 17.3 Å². The monoisotopic (exact) mass is 304 g/mol. The number of benzene rings is 2. The SMILES string of the molecule is C/N=C/c1ccc2oc(-c3ccc(C(F)(F)F)cc3)nc2c1. The molecule has 1 aromatic heterocycles. The van der Waals surface area contributed by atoms with Crippen LogP contribution in [-0.4, -0.2) is 18.2 Å². The summed E-state index contributed by atoms with van der Waals surface area (Å²) in [5, 5.41) is 0. The zero-order valence-corrected chi connectivity index (χ0v) is 11.6. The number of halogens is 3. The number of hydrogen-bond acceptors (Lipinski definition) is 3. The van der Waals surface area contributed by atoms with Gasteiger partial charge in [0.15, 0.2) is 5.58 Å². The third-order valence-electron chi connectivity index (χ3n) is 3.15. The Balaban J connectivity index is 1.99. The molecule has 6 heteroatoms. The molecule has 0 spiro atoms. The van der Waals surface area contributed by atoms with E-state index >= 15 is 0 Å². The normalized spacial score (nSPS) is 12.4. The summed E-state index contributed by atoms with van der Waals surface area (Å²) in [4.78, 5) is 8.23. The van der Waals surface area contributed by atoms with Crippen molar-refractivity contribution in [2.24, 2.45) is 4.99 Å². The highest BCUT2D eigenvalue weighted by Crippen LogP contribution is 2.31. The number of oxazole rings is 1. The van der Waals surface area contributed by atoms with Crippen molar-refractivity contribution in [3.63, 3.8) is 0 Å². The van der Waals surface area contributed by atoms with E-state index in [2.05, 4.69) is 9.98 Å². The molecule has 0 saturated carbocycles. The Morgan fingerprint density at radius 3 is 2.45 bits per heavy atom. The van der Waals surface area contributed by atoms with Crippen LogP contribution in [0.1, 0.15) is 11.1 Å². The lowest BCUT2D eigenvalue weighted by atomic mass is 10.1. The van der Waals surface area contributed by atoms with Gasteiger partial charge in [0.25, 0.3) is 0 Å². The summed E-state index contributed by atoms with van der Waals surface area (Å²) in [6.07, 6.45) is -2.67. The van der Waals surface area contributed by atoms with Gasteiger partial charge >= 0.3 is 6.18 Å². The summed E-state index contributed by atoms with van der Waals surface area (Å²) in [5.74, 6) is 0.286. The molecule has 0 aliphatic carbocycles. The van der Waals surface area contributed by atoms with Gasteiger partial charge in [0.2, 0.25) is 5.89 Å². The maximum absolute atomic E-state index is 12.6. The van der Waals surface area contributed by atoms with E-state index in [1.165, 1.54) is 12.1 Å². The molecule has 112 valence electrons. The van der Waals surface area contributed by atoms with E-state index < -0.39 is 11.7 Å². The third-order valence-corrected chi connectivity index (χ3v) is 3.15. The molecule has 0 atom stereocenters. The van der Waals surface area contributed by atoms with Gasteiger partial charge in [-0.05, 0) is 48.0 Å². The molecule has 3 nitrogen and oxygen atoms in total. The number of nitrogens with zero attached hydrogens (tertiary/aromatic N) is 2. The first-order valence-electron chi connectivity index (χ1n) is 6.48. The summed E-state index contributed by atoms with van der Waals surface area (Å²) in [5.41, 5.74) is 1.88. The summed E-state index contributed by atoms with van der Waals surface area (Å²) in [7, 11) is 1.67. The minimum Gasteiger partial charge on any atom is -0.436 e. The zero-order valence-electron chi connectivity index (χ0n) is 11.6. The molecular formula is C16H11F3N2O. The van der Waals surface area contributed by atoms with Crippen LogP contribution in [0, 0.1) is 0 Å². The Bertz CT molecular complexity index is 833. The maximum Gasteiger partial charge on any atom is 0.416 e. The lowest BCUT2D eigenvalue weighted by Gasteiger charge is -2.05. The fourth-order valence-corrected chi connectivity index (χ4v) is 2.10. The Labute approximate surface area is 124 Å². The Kier molecular flexibility index (Phi) is 3.44. The zero-order chi connectivity index (χ0) is 15.7. The first-order valence-corrected chi connectivity index (χ1v) is 6.48. The predicted octanol–water partition coefficient (Wildman–Crippen LogP) is 4.56. The van der Waals surface area contributed by atoms with Crippen molar-refractivity contribution in [1.29, 1.82) is 0 Å². The van der Waals surface area contributed by atoms with Crippen LogP contribution in [-0.2, 0) is 6.18 Å². The Hall–Kier alpha value is -2.63. The van der Waals surface area contributed by atoms with E-state index in [-0.39, 0.29) is 5.89 Å². The highest BCUT2D eigenvalue weighted by Gasteiger charge is 2.30. The summed E-state index contributed by atoms with van der Waals surface area (Å²) >= 11 is 0. The van der Waals surface area contributed by atoms with Crippen molar-refractivity contribution in [3.8, 4) is 11.5 Å².